The highest BCUT2D eigenvalue weighted by Crippen LogP contribution is 2.36. The monoisotopic (exact) mass is 433 g/mol. The number of aromatic amines is 1. The number of benzene rings is 1. The summed E-state index contributed by atoms with van der Waals surface area (Å²) in [5.41, 5.74) is 2.76. The van der Waals surface area contributed by atoms with Crippen molar-refractivity contribution in [1.82, 2.24) is 9.97 Å². The Bertz CT molecular complexity index is 1290. The van der Waals surface area contributed by atoms with Crippen molar-refractivity contribution in [3.05, 3.63) is 52.3 Å². The Morgan fingerprint density at radius 1 is 1.25 bits per heavy atom. The van der Waals surface area contributed by atoms with Crippen LogP contribution in [0.5, 0.6) is 0 Å². The fraction of sp³-hybridized carbons (Fsp3) is 0.111. The molecular formula is C18H15N3O4S3. The van der Waals surface area contributed by atoms with Crippen LogP contribution in [0.4, 0.5) is 5.69 Å². The SMILES string of the molecule is Cc1ccc(N(C)S(=O)(=O)c2cccs2)c2[nH]c(-c3nc(C(=O)O)cs3)cc12. The summed E-state index contributed by atoms with van der Waals surface area (Å²) in [5, 5.41) is 13.7. The molecule has 1 aromatic carbocycles. The molecule has 0 aliphatic rings. The number of carboxylic acids is 1. The van der Waals surface area contributed by atoms with Crippen LogP contribution in [0.1, 0.15) is 16.1 Å². The summed E-state index contributed by atoms with van der Waals surface area (Å²) >= 11 is 2.38. The van der Waals surface area contributed by atoms with Crippen LogP contribution in [0.2, 0.25) is 0 Å². The van der Waals surface area contributed by atoms with Gasteiger partial charge in [0.2, 0.25) is 0 Å². The lowest BCUT2D eigenvalue weighted by molar-refractivity contribution is 0.0691. The van der Waals surface area contributed by atoms with Gasteiger partial charge in [-0.25, -0.2) is 18.2 Å². The number of nitrogens with one attached hydrogen (secondary N) is 1. The summed E-state index contributed by atoms with van der Waals surface area (Å²) in [6, 6.07) is 8.76. The van der Waals surface area contributed by atoms with Crippen molar-refractivity contribution in [3.63, 3.8) is 0 Å². The first-order chi connectivity index (χ1) is 13.3. The van der Waals surface area contributed by atoms with Crippen LogP contribution in [0, 0.1) is 6.92 Å². The minimum absolute atomic E-state index is 0.0204. The smallest absolute Gasteiger partial charge is 0.355 e. The molecule has 0 atom stereocenters. The largest absolute Gasteiger partial charge is 0.476 e. The number of fused-ring (bicyclic) bond motifs is 1. The number of aromatic carboxylic acids is 1. The van der Waals surface area contributed by atoms with Crippen LogP contribution < -0.4 is 4.31 Å². The molecule has 4 rings (SSSR count). The highest BCUT2D eigenvalue weighted by atomic mass is 32.2. The summed E-state index contributed by atoms with van der Waals surface area (Å²) < 4.78 is 27.4. The van der Waals surface area contributed by atoms with E-state index in [1.165, 1.54) is 39.4 Å². The number of carboxylic acid groups (broad SMARTS) is 1. The molecule has 0 spiro atoms. The van der Waals surface area contributed by atoms with Crippen LogP contribution in [0.3, 0.4) is 0 Å². The molecule has 10 heteroatoms. The van der Waals surface area contributed by atoms with Gasteiger partial charge in [-0.2, -0.15) is 0 Å². The van der Waals surface area contributed by atoms with Gasteiger partial charge in [-0.15, -0.1) is 22.7 Å². The molecule has 0 amide bonds. The van der Waals surface area contributed by atoms with Gasteiger partial charge in [-0.1, -0.05) is 12.1 Å². The van der Waals surface area contributed by atoms with Gasteiger partial charge in [0, 0.05) is 17.8 Å². The van der Waals surface area contributed by atoms with Crippen molar-refractivity contribution in [2.45, 2.75) is 11.1 Å². The number of thiazole rings is 1. The molecule has 0 unspecified atom stereocenters. The van der Waals surface area contributed by atoms with E-state index in [1.54, 1.807) is 23.6 Å². The lowest BCUT2D eigenvalue weighted by atomic mass is 10.1. The molecular weight excluding hydrogens is 418 g/mol. The average Bonchev–Trinajstić information content (AvgIpc) is 3.40. The zero-order valence-electron chi connectivity index (χ0n) is 14.8. The first-order valence-electron chi connectivity index (χ1n) is 8.13. The summed E-state index contributed by atoms with van der Waals surface area (Å²) in [4.78, 5) is 18.5. The van der Waals surface area contributed by atoms with E-state index in [9.17, 15) is 13.2 Å². The normalized spacial score (nSPS) is 11.8. The second-order valence-electron chi connectivity index (χ2n) is 6.12. The van der Waals surface area contributed by atoms with E-state index in [0.29, 0.717) is 21.9 Å². The molecule has 0 fully saturated rings. The maximum atomic E-state index is 12.9. The van der Waals surface area contributed by atoms with E-state index in [-0.39, 0.29) is 9.90 Å². The van der Waals surface area contributed by atoms with E-state index < -0.39 is 16.0 Å². The van der Waals surface area contributed by atoms with Gasteiger partial charge in [-0.05, 0) is 36.1 Å². The molecule has 3 aromatic heterocycles. The van der Waals surface area contributed by atoms with Crippen molar-refractivity contribution in [1.29, 1.82) is 0 Å². The van der Waals surface area contributed by atoms with Gasteiger partial charge in [0.25, 0.3) is 10.0 Å². The third-order valence-electron chi connectivity index (χ3n) is 4.39. The fourth-order valence-electron chi connectivity index (χ4n) is 2.89. The predicted octanol–water partition coefficient (Wildman–Crippen LogP) is 4.18. The molecule has 0 saturated heterocycles. The number of carbonyl (C=O) groups is 1. The van der Waals surface area contributed by atoms with Crippen molar-refractivity contribution >= 4 is 55.3 Å². The molecule has 0 aliphatic heterocycles. The topological polar surface area (TPSA) is 103 Å². The first kappa shape index (κ1) is 18.7. The molecule has 0 aliphatic carbocycles. The van der Waals surface area contributed by atoms with E-state index in [1.807, 2.05) is 19.1 Å². The van der Waals surface area contributed by atoms with Crippen LogP contribution in [0.15, 0.2) is 45.3 Å². The molecule has 0 bridgehead atoms. The van der Waals surface area contributed by atoms with Crippen molar-refractivity contribution < 1.29 is 18.3 Å². The van der Waals surface area contributed by atoms with E-state index >= 15 is 0 Å². The van der Waals surface area contributed by atoms with Gasteiger partial charge in [0.05, 0.1) is 16.9 Å². The number of rotatable bonds is 5. The standard InChI is InChI=1S/C18H15N3O4S3/c1-10-5-6-14(21(2)28(24,25)15-4-3-7-26-15)16-11(10)8-12(19-16)17-20-13(9-27-17)18(22)23/h3-9,19H,1-2H3,(H,22,23). The number of anilines is 1. The van der Waals surface area contributed by atoms with Gasteiger partial charge in [-0.3, -0.25) is 4.31 Å². The lowest BCUT2D eigenvalue weighted by Gasteiger charge is -2.19. The molecule has 2 N–H and O–H groups in total. The van der Waals surface area contributed by atoms with Crippen LogP contribution >= 0.6 is 22.7 Å². The highest BCUT2D eigenvalue weighted by Gasteiger charge is 2.25. The molecule has 28 heavy (non-hydrogen) atoms. The lowest BCUT2D eigenvalue weighted by Crippen LogP contribution is -2.26. The van der Waals surface area contributed by atoms with Crippen molar-refractivity contribution in [2.75, 3.05) is 11.4 Å². The van der Waals surface area contributed by atoms with Crippen molar-refractivity contribution in [3.8, 4) is 10.7 Å². The number of nitrogens with zero attached hydrogens (tertiary/aromatic N) is 2. The number of sulfonamides is 1. The number of hydrogen-bond donors (Lipinski definition) is 2. The Balaban J connectivity index is 1.85. The van der Waals surface area contributed by atoms with Crippen LogP contribution in [0.25, 0.3) is 21.6 Å². The zero-order valence-corrected chi connectivity index (χ0v) is 17.3. The Morgan fingerprint density at radius 3 is 2.68 bits per heavy atom. The zero-order chi connectivity index (χ0) is 20.1. The summed E-state index contributed by atoms with van der Waals surface area (Å²) in [6.07, 6.45) is 0. The number of aryl methyl sites for hydroxylation is 1. The molecule has 4 aromatic rings. The second kappa shape index (κ2) is 6.73. The quantitative estimate of drug-likeness (QED) is 0.491. The minimum atomic E-state index is -3.67. The molecule has 144 valence electrons. The van der Waals surface area contributed by atoms with Crippen LogP contribution in [-0.4, -0.2) is 36.5 Å². The van der Waals surface area contributed by atoms with E-state index in [0.717, 1.165) is 10.9 Å². The van der Waals surface area contributed by atoms with Crippen LogP contribution in [-0.2, 0) is 10.0 Å². The third kappa shape index (κ3) is 2.99. The maximum Gasteiger partial charge on any atom is 0.355 e. The van der Waals surface area contributed by atoms with Gasteiger partial charge in [0.15, 0.2) is 5.69 Å². The first-order valence-corrected chi connectivity index (χ1v) is 11.3. The number of hydrogen-bond acceptors (Lipinski definition) is 6. The van der Waals surface area contributed by atoms with E-state index in [2.05, 4.69) is 9.97 Å². The predicted molar refractivity (Wildman–Crippen MR) is 111 cm³/mol. The molecule has 7 nitrogen and oxygen atoms in total. The summed E-state index contributed by atoms with van der Waals surface area (Å²) in [5.74, 6) is -1.09. The van der Waals surface area contributed by atoms with Gasteiger partial charge < -0.3 is 10.1 Å². The summed E-state index contributed by atoms with van der Waals surface area (Å²) in [7, 11) is -2.15. The molecule has 3 heterocycles. The Labute approximate surface area is 169 Å². The van der Waals surface area contributed by atoms with Gasteiger partial charge >= 0.3 is 5.97 Å². The average molecular weight is 434 g/mol. The summed E-state index contributed by atoms with van der Waals surface area (Å²) in [6.45, 7) is 1.93. The van der Waals surface area contributed by atoms with Crippen molar-refractivity contribution in [2.24, 2.45) is 0 Å². The highest BCUT2D eigenvalue weighted by molar-refractivity contribution is 7.94. The maximum absolute atomic E-state index is 12.9. The Kier molecular flexibility index (Phi) is 4.48. The Hall–Kier alpha value is -2.69. The second-order valence-corrected chi connectivity index (χ2v) is 10.1. The third-order valence-corrected chi connectivity index (χ3v) is 8.41. The van der Waals surface area contributed by atoms with E-state index in [4.69, 9.17) is 5.11 Å². The minimum Gasteiger partial charge on any atom is -0.476 e. The Morgan fingerprint density at radius 2 is 2.04 bits per heavy atom. The number of aromatic nitrogens is 2. The van der Waals surface area contributed by atoms with Gasteiger partial charge in [0.1, 0.15) is 9.22 Å². The number of thiophene rings is 1. The molecule has 0 radical (unpaired) electrons. The molecule has 0 saturated carbocycles. The number of H-pyrrole nitrogens is 1. The fourth-order valence-corrected chi connectivity index (χ4v) is 6.03.